The Morgan fingerprint density at radius 3 is 2.54 bits per heavy atom. The van der Waals surface area contributed by atoms with Crippen molar-refractivity contribution < 1.29 is 13.0 Å². The lowest BCUT2D eigenvalue weighted by molar-refractivity contribution is 0.488. The molecule has 1 N–H and O–H groups in total. The first kappa shape index (κ1) is 9.96. The summed E-state index contributed by atoms with van der Waals surface area (Å²) in [6, 6.07) is 1.98. The Bertz CT molecular complexity index is 398. The van der Waals surface area contributed by atoms with Crippen molar-refractivity contribution in [2.45, 2.75) is 19.3 Å². The highest BCUT2D eigenvalue weighted by molar-refractivity contribution is 7.89. The molecule has 4 nitrogen and oxygen atoms in total. The summed E-state index contributed by atoms with van der Waals surface area (Å²) in [4.78, 5) is 0.0224. The van der Waals surface area contributed by atoms with Crippen LogP contribution in [0.4, 0.5) is 0 Å². The predicted molar refractivity (Wildman–Crippen MR) is 47.2 cm³/mol. The third-order valence-corrected chi connectivity index (χ3v) is 2.84. The summed E-state index contributed by atoms with van der Waals surface area (Å²) in [5.74, 6) is 0. The zero-order valence-corrected chi connectivity index (χ0v) is 7.71. The van der Waals surface area contributed by atoms with Crippen LogP contribution in [0.5, 0.6) is 0 Å². The minimum atomic E-state index is -4.03. The van der Waals surface area contributed by atoms with E-state index in [9.17, 15) is 8.42 Å². The molecular formula is C8H9NO3S. The van der Waals surface area contributed by atoms with Crippen molar-refractivity contribution in [1.82, 2.24) is 0 Å². The van der Waals surface area contributed by atoms with Crippen LogP contribution in [0, 0.1) is 11.3 Å². The van der Waals surface area contributed by atoms with Crippen molar-refractivity contribution in [3.05, 3.63) is 22.6 Å². The van der Waals surface area contributed by atoms with Crippen LogP contribution in [0.1, 0.15) is 19.3 Å². The Labute approximate surface area is 76.9 Å². The fourth-order valence-corrected chi connectivity index (χ4v) is 1.73. The molecule has 0 unspecified atom stereocenters. The molecule has 0 radical (unpaired) electrons. The van der Waals surface area contributed by atoms with Crippen LogP contribution >= 0.6 is 0 Å². The van der Waals surface area contributed by atoms with Gasteiger partial charge in [0.25, 0.3) is 10.1 Å². The van der Waals surface area contributed by atoms with Crippen LogP contribution in [-0.4, -0.2) is 13.0 Å². The SMILES string of the molecule is N#CCC1=CC=C(S(=O)(=O)O)CC1. The summed E-state index contributed by atoms with van der Waals surface area (Å²) < 4.78 is 30.0. The molecule has 0 spiro atoms. The number of rotatable bonds is 2. The minimum Gasteiger partial charge on any atom is -0.282 e. The van der Waals surface area contributed by atoms with Crippen molar-refractivity contribution in [3.8, 4) is 6.07 Å². The van der Waals surface area contributed by atoms with E-state index < -0.39 is 10.1 Å². The standard InChI is InChI=1S/C8H9NO3S/c9-6-5-7-1-3-8(4-2-7)13(10,11)12/h1,3H,2,4-5H2,(H,10,11,12). The lowest BCUT2D eigenvalue weighted by Crippen LogP contribution is -2.04. The molecule has 0 heterocycles. The molecule has 0 fully saturated rings. The molecule has 0 saturated carbocycles. The minimum absolute atomic E-state index is 0.0224. The lowest BCUT2D eigenvalue weighted by atomic mass is 10.0. The normalized spacial score (nSPS) is 17.2. The van der Waals surface area contributed by atoms with Crippen LogP contribution in [0.3, 0.4) is 0 Å². The fourth-order valence-electron chi connectivity index (χ4n) is 1.13. The molecule has 13 heavy (non-hydrogen) atoms. The maximum atomic E-state index is 10.6. The molecule has 0 saturated heterocycles. The Balaban J connectivity index is 2.84. The van der Waals surface area contributed by atoms with Crippen molar-refractivity contribution >= 4 is 10.1 Å². The third kappa shape index (κ3) is 2.68. The van der Waals surface area contributed by atoms with E-state index in [2.05, 4.69) is 0 Å². The topological polar surface area (TPSA) is 78.2 Å². The van der Waals surface area contributed by atoms with Gasteiger partial charge in [-0.2, -0.15) is 13.7 Å². The largest absolute Gasteiger partial charge is 0.290 e. The Hall–Kier alpha value is -1.12. The number of nitriles is 1. The van der Waals surface area contributed by atoms with Crippen LogP contribution in [0.25, 0.3) is 0 Å². The first-order valence-corrected chi connectivity index (χ1v) is 5.21. The van der Waals surface area contributed by atoms with Gasteiger partial charge in [-0.25, -0.2) is 0 Å². The summed E-state index contributed by atoms with van der Waals surface area (Å²) in [7, 11) is -4.03. The molecule has 0 aromatic carbocycles. The van der Waals surface area contributed by atoms with E-state index in [-0.39, 0.29) is 11.3 Å². The highest BCUT2D eigenvalue weighted by Crippen LogP contribution is 2.23. The van der Waals surface area contributed by atoms with Gasteiger partial charge in [0.15, 0.2) is 0 Å². The molecule has 0 aromatic rings. The Kier molecular flexibility index (Phi) is 2.86. The van der Waals surface area contributed by atoms with E-state index in [0.717, 1.165) is 5.57 Å². The second-order valence-corrected chi connectivity index (χ2v) is 4.24. The monoisotopic (exact) mass is 199 g/mol. The second-order valence-electron chi connectivity index (χ2n) is 2.77. The van der Waals surface area contributed by atoms with Gasteiger partial charge in [0.05, 0.1) is 17.4 Å². The van der Waals surface area contributed by atoms with Crippen LogP contribution < -0.4 is 0 Å². The highest BCUT2D eigenvalue weighted by Gasteiger charge is 2.16. The smallest absolute Gasteiger partial charge is 0.282 e. The van der Waals surface area contributed by atoms with Gasteiger partial charge in [-0.3, -0.25) is 4.55 Å². The highest BCUT2D eigenvalue weighted by atomic mass is 32.2. The maximum absolute atomic E-state index is 10.6. The molecule has 0 aliphatic heterocycles. The van der Waals surface area contributed by atoms with Crippen molar-refractivity contribution in [2.24, 2.45) is 0 Å². The molecule has 0 aromatic heterocycles. The molecule has 0 atom stereocenters. The van der Waals surface area contributed by atoms with E-state index >= 15 is 0 Å². The molecule has 1 rings (SSSR count). The van der Waals surface area contributed by atoms with E-state index in [0.29, 0.717) is 12.8 Å². The van der Waals surface area contributed by atoms with Gasteiger partial charge in [0, 0.05) is 0 Å². The number of hydrogen-bond donors (Lipinski definition) is 1. The summed E-state index contributed by atoms with van der Waals surface area (Å²) in [6.07, 6.45) is 4.06. The van der Waals surface area contributed by atoms with Crippen LogP contribution in [0.15, 0.2) is 22.6 Å². The zero-order chi connectivity index (χ0) is 9.90. The van der Waals surface area contributed by atoms with Crippen molar-refractivity contribution in [1.29, 1.82) is 5.26 Å². The zero-order valence-electron chi connectivity index (χ0n) is 6.90. The van der Waals surface area contributed by atoms with E-state index in [1.807, 2.05) is 6.07 Å². The second kappa shape index (κ2) is 3.73. The third-order valence-electron chi connectivity index (χ3n) is 1.83. The number of allylic oxidation sites excluding steroid dienone is 4. The van der Waals surface area contributed by atoms with Gasteiger partial charge >= 0.3 is 0 Å². The van der Waals surface area contributed by atoms with Gasteiger partial charge in [0.1, 0.15) is 0 Å². The summed E-state index contributed by atoms with van der Waals surface area (Å²) in [5, 5.41) is 8.37. The quantitative estimate of drug-likeness (QED) is 0.681. The summed E-state index contributed by atoms with van der Waals surface area (Å²) in [5.41, 5.74) is 0.898. The Morgan fingerprint density at radius 1 is 1.46 bits per heavy atom. The molecule has 1 aliphatic carbocycles. The fraction of sp³-hybridized carbons (Fsp3) is 0.375. The molecule has 5 heteroatoms. The summed E-state index contributed by atoms with van der Waals surface area (Å²) in [6.45, 7) is 0. The van der Waals surface area contributed by atoms with Gasteiger partial charge in [0.2, 0.25) is 0 Å². The Morgan fingerprint density at radius 2 is 2.15 bits per heavy atom. The van der Waals surface area contributed by atoms with Gasteiger partial charge in [-0.05, 0) is 18.9 Å². The molecule has 1 aliphatic rings. The molecular weight excluding hydrogens is 190 g/mol. The first-order chi connectivity index (χ1) is 6.04. The number of hydrogen-bond acceptors (Lipinski definition) is 3. The molecule has 70 valence electrons. The van der Waals surface area contributed by atoms with E-state index in [1.165, 1.54) is 6.08 Å². The van der Waals surface area contributed by atoms with Crippen LogP contribution in [0.2, 0.25) is 0 Å². The average Bonchev–Trinajstić information content (AvgIpc) is 2.04. The van der Waals surface area contributed by atoms with E-state index in [1.54, 1.807) is 6.08 Å². The first-order valence-electron chi connectivity index (χ1n) is 3.77. The van der Waals surface area contributed by atoms with Crippen molar-refractivity contribution in [3.63, 3.8) is 0 Å². The van der Waals surface area contributed by atoms with E-state index in [4.69, 9.17) is 9.81 Å². The molecule has 0 amide bonds. The molecule has 0 bridgehead atoms. The lowest BCUT2D eigenvalue weighted by Gasteiger charge is -2.09. The number of nitrogens with zero attached hydrogens (tertiary/aromatic N) is 1. The maximum Gasteiger partial charge on any atom is 0.290 e. The van der Waals surface area contributed by atoms with Crippen molar-refractivity contribution in [2.75, 3.05) is 0 Å². The van der Waals surface area contributed by atoms with Crippen LogP contribution in [-0.2, 0) is 10.1 Å². The summed E-state index contributed by atoms with van der Waals surface area (Å²) >= 11 is 0. The van der Waals surface area contributed by atoms with Gasteiger partial charge in [-0.1, -0.05) is 11.6 Å². The average molecular weight is 199 g/mol. The van der Waals surface area contributed by atoms with Gasteiger partial charge < -0.3 is 0 Å². The van der Waals surface area contributed by atoms with Gasteiger partial charge in [-0.15, -0.1) is 0 Å². The predicted octanol–water partition coefficient (Wildman–Crippen LogP) is 1.39.